The molecule has 0 fully saturated rings. The number of halogens is 1. The first-order valence-electron chi connectivity index (χ1n) is 6.90. The number of fused-ring (bicyclic) bond motifs is 1. The second-order valence-electron chi connectivity index (χ2n) is 5.43. The molecule has 0 unspecified atom stereocenters. The van der Waals surface area contributed by atoms with E-state index in [1.54, 1.807) is 0 Å². The molecule has 0 saturated heterocycles. The molecule has 0 amide bonds. The molecular weight excluding hydrogens is 270 g/mol. The minimum atomic E-state index is 0.182. The highest BCUT2D eigenvalue weighted by Crippen LogP contribution is 2.34. The molecule has 0 radical (unpaired) electrons. The Morgan fingerprint density at radius 3 is 2.65 bits per heavy atom. The average Bonchev–Trinajstić information content (AvgIpc) is 2.61. The van der Waals surface area contributed by atoms with Gasteiger partial charge in [0, 0.05) is 12.6 Å². The third-order valence-electron chi connectivity index (χ3n) is 4.13. The molecule has 3 heteroatoms. The summed E-state index contributed by atoms with van der Waals surface area (Å²) in [7, 11) is 2.16. The minimum absolute atomic E-state index is 0.182. The van der Waals surface area contributed by atoms with Crippen LogP contribution in [0.4, 0.5) is 0 Å². The minimum Gasteiger partial charge on any atom is -0.506 e. The van der Waals surface area contributed by atoms with E-state index in [2.05, 4.69) is 36.2 Å². The van der Waals surface area contributed by atoms with Crippen LogP contribution >= 0.6 is 11.6 Å². The number of hydrogen-bond acceptors (Lipinski definition) is 2. The Labute approximate surface area is 124 Å². The van der Waals surface area contributed by atoms with Gasteiger partial charge in [0.15, 0.2) is 0 Å². The highest BCUT2D eigenvalue weighted by atomic mass is 35.5. The number of rotatable bonds is 1. The van der Waals surface area contributed by atoms with Gasteiger partial charge in [0.1, 0.15) is 5.75 Å². The van der Waals surface area contributed by atoms with E-state index in [0.717, 1.165) is 19.4 Å². The molecule has 0 saturated carbocycles. The number of likely N-dealkylation sites (N-methyl/N-ethyl adjacent to an activating group) is 1. The number of nitrogens with zero attached hydrogens (tertiary/aromatic N) is 1. The van der Waals surface area contributed by atoms with Gasteiger partial charge >= 0.3 is 0 Å². The second kappa shape index (κ2) is 5.47. The number of phenolic OH excluding ortho intramolecular Hbond substituents is 1. The van der Waals surface area contributed by atoms with Crippen molar-refractivity contribution in [3.8, 4) is 5.75 Å². The molecule has 0 aliphatic carbocycles. The van der Waals surface area contributed by atoms with Crippen molar-refractivity contribution < 1.29 is 5.11 Å². The largest absolute Gasteiger partial charge is 0.506 e. The van der Waals surface area contributed by atoms with Gasteiger partial charge in [-0.3, -0.25) is 4.90 Å². The van der Waals surface area contributed by atoms with Gasteiger partial charge in [-0.1, -0.05) is 41.9 Å². The summed E-state index contributed by atoms with van der Waals surface area (Å²) in [6.07, 6.45) is 1.87. The summed E-state index contributed by atoms with van der Waals surface area (Å²) in [6.45, 7) is 0.994. The highest BCUT2D eigenvalue weighted by Gasteiger charge is 2.23. The molecular formula is C17H18ClNO. The first-order chi connectivity index (χ1) is 9.65. The molecule has 2 nitrogen and oxygen atoms in total. The predicted molar refractivity (Wildman–Crippen MR) is 82.3 cm³/mol. The van der Waals surface area contributed by atoms with Crippen molar-refractivity contribution in [2.75, 3.05) is 13.6 Å². The number of hydrogen-bond donors (Lipinski definition) is 1. The summed E-state index contributed by atoms with van der Waals surface area (Å²) in [4.78, 5) is 2.38. The molecule has 1 heterocycles. The molecule has 2 aromatic rings. The zero-order chi connectivity index (χ0) is 14.1. The lowest BCUT2D eigenvalue weighted by atomic mass is 9.96. The van der Waals surface area contributed by atoms with Crippen LogP contribution in [0.15, 0.2) is 42.5 Å². The third kappa shape index (κ3) is 2.54. The van der Waals surface area contributed by atoms with Crippen LogP contribution < -0.4 is 0 Å². The first kappa shape index (κ1) is 13.5. The van der Waals surface area contributed by atoms with Crippen molar-refractivity contribution in [3.05, 3.63) is 64.2 Å². The van der Waals surface area contributed by atoms with Gasteiger partial charge in [-0.05, 0) is 48.7 Å². The van der Waals surface area contributed by atoms with E-state index >= 15 is 0 Å². The van der Waals surface area contributed by atoms with Crippen molar-refractivity contribution in [3.63, 3.8) is 0 Å². The van der Waals surface area contributed by atoms with Crippen molar-refractivity contribution in [2.24, 2.45) is 0 Å². The van der Waals surface area contributed by atoms with Crippen molar-refractivity contribution in [1.82, 2.24) is 4.90 Å². The standard InChI is InChI=1S/C17H18ClNO/c1-19-8-7-13-9-15(18)17(20)11-14(13)10-16(19)12-5-3-2-4-6-12/h2-6,9,11,16,20H,7-8,10H2,1H3/t16-/m0/s1. The smallest absolute Gasteiger partial charge is 0.134 e. The van der Waals surface area contributed by atoms with Crippen LogP contribution in [0.3, 0.4) is 0 Å². The molecule has 0 bridgehead atoms. The number of benzene rings is 2. The topological polar surface area (TPSA) is 23.5 Å². The summed E-state index contributed by atoms with van der Waals surface area (Å²) >= 11 is 6.03. The van der Waals surface area contributed by atoms with Gasteiger partial charge in [0.05, 0.1) is 5.02 Å². The monoisotopic (exact) mass is 287 g/mol. The Balaban J connectivity index is 1.99. The van der Waals surface area contributed by atoms with E-state index in [1.807, 2.05) is 18.2 Å². The predicted octanol–water partition coefficient (Wildman–Crippen LogP) is 3.82. The molecule has 1 aliphatic heterocycles. The molecule has 0 aromatic heterocycles. The zero-order valence-corrected chi connectivity index (χ0v) is 12.3. The average molecular weight is 288 g/mol. The summed E-state index contributed by atoms with van der Waals surface area (Å²) in [5.74, 6) is 0.182. The molecule has 104 valence electrons. The Bertz CT molecular complexity index is 612. The fourth-order valence-electron chi connectivity index (χ4n) is 2.93. The maximum atomic E-state index is 9.84. The van der Waals surface area contributed by atoms with Crippen molar-refractivity contribution in [1.29, 1.82) is 0 Å². The van der Waals surface area contributed by atoms with E-state index in [-0.39, 0.29) is 5.75 Å². The highest BCUT2D eigenvalue weighted by molar-refractivity contribution is 6.32. The summed E-state index contributed by atoms with van der Waals surface area (Å²) in [6, 6.07) is 14.6. The quantitative estimate of drug-likeness (QED) is 0.862. The van der Waals surface area contributed by atoms with Gasteiger partial charge in [0.2, 0.25) is 0 Å². The Morgan fingerprint density at radius 2 is 1.90 bits per heavy atom. The number of phenols is 1. The molecule has 2 aromatic carbocycles. The first-order valence-corrected chi connectivity index (χ1v) is 7.28. The second-order valence-corrected chi connectivity index (χ2v) is 5.84. The Morgan fingerprint density at radius 1 is 1.15 bits per heavy atom. The molecule has 1 atom stereocenters. The van der Waals surface area contributed by atoms with Crippen LogP contribution in [0.2, 0.25) is 5.02 Å². The van der Waals surface area contributed by atoms with Crippen molar-refractivity contribution in [2.45, 2.75) is 18.9 Å². The van der Waals surface area contributed by atoms with Crippen molar-refractivity contribution >= 4 is 11.6 Å². The van der Waals surface area contributed by atoms with Crippen LogP contribution in [0, 0.1) is 0 Å². The van der Waals surface area contributed by atoms with Gasteiger partial charge < -0.3 is 5.11 Å². The fourth-order valence-corrected chi connectivity index (χ4v) is 3.12. The Hall–Kier alpha value is -1.51. The lowest BCUT2D eigenvalue weighted by Crippen LogP contribution is -2.26. The van der Waals surface area contributed by atoms with E-state index in [9.17, 15) is 5.11 Å². The molecule has 3 rings (SSSR count). The summed E-state index contributed by atoms with van der Waals surface area (Å²) in [5.41, 5.74) is 3.76. The van der Waals surface area contributed by atoms with Gasteiger partial charge in [0.25, 0.3) is 0 Å². The lowest BCUT2D eigenvalue weighted by Gasteiger charge is -2.26. The fraction of sp³-hybridized carbons (Fsp3) is 0.294. The van der Waals surface area contributed by atoms with E-state index in [4.69, 9.17) is 11.6 Å². The maximum absolute atomic E-state index is 9.84. The maximum Gasteiger partial charge on any atom is 0.134 e. The molecule has 20 heavy (non-hydrogen) atoms. The van der Waals surface area contributed by atoms with Crippen LogP contribution in [0.5, 0.6) is 5.75 Å². The lowest BCUT2D eigenvalue weighted by molar-refractivity contribution is 0.254. The third-order valence-corrected chi connectivity index (χ3v) is 4.44. The molecule has 1 aliphatic rings. The normalized spacial score (nSPS) is 19.4. The van der Waals surface area contributed by atoms with Gasteiger partial charge in [-0.25, -0.2) is 0 Å². The van der Waals surface area contributed by atoms with E-state index < -0.39 is 0 Å². The van der Waals surface area contributed by atoms with Gasteiger partial charge in [-0.15, -0.1) is 0 Å². The van der Waals surface area contributed by atoms with Gasteiger partial charge in [-0.2, -0.15) is 0 Å². The molecule has 0 spiro atoms. The van der Waals surface area contributed by atoms with Crippen LogP contribution in [-0.4, -0.2) is 23.6 Å². The van der Waals surface area contributed by atoms with Crippen LogP contribution in [-0.2, 0) is 12.8 Å². The van der Waals surface area contributed by atoms with E-state index in [0.29, 0.717) is 11.1 Å². The van der Waals surface area contributed by atoms with Crippen LogP contribution in [0.25, 0.3) is 0 Å². The summed E-state index contributed by atoms with van der Waals surface area (Å²) < 4.78 is 0. The molecule has 1 N–H and O–H groups in total. The zero-order valence-electron chi connectivity index (χ0n) is 11.5. The Kier molecular flexibility index (Phi) is 3.68. The SMILES string of the molecule is CN1CCc2cc(Cl)c(O)cc2C[C@H]1c1ccccc1. The van der Waals surface area contributed by atoms with E-state index in [1.165, 1.54) is 16.7 Å². The van der Waals surface area contributed by atoms with Crippen LogP contribution in [0.1, 0.15) is 22.7 Å². The number of aromatic hydroxyl groups is 1. The summed E-state index contributed by atoms with van der Waals surface area (Å²) in [5, 5.41) is 10.3.